The fourth-order valence-electron chi connectivity index (χ4n) is 2.81. The number of aromatic nitrogens is 1. The monoisotopic (exact) mass is 298 g/mol. The number of hydrogen-bond donors (Lipinski definition) is 0. The normalized spacial score (nSPS) is 18.2. The van der Waals surface area contributed by atoms with Crippen molar-refractivity contribution in [2.75, 3.05) is 13.7 Å². The average molecular weight is 298 g/mol. The van der Waals surface area contributed by atoms with Crippen molar-refractivity contribution in [2.24, 2.45) is 0 Å². The highest BCUT2D eigenvalue weighted by Gasteiger charge is 2.22. The molecule has 0 saturated carbocycles. The minimum atomic E-state index is 0.219. The van der Waals surface area contributed by atoms with Crippen molar-refractivity contribution in [3.63, 3.8) is 0 Å². The molecule has 0 amide bonds. The summed E-state index contributed by atoms with van der Waals surface area (Å²) in [4.78, 5) is 6.51. The molecule has 1 aromatic carbocycles. The molecule has 1 unspecified atom stereocenters. The zero-order valence-corrected chi connectivity index (χ0v) is 13.2. The molecule has 3 rings (SSSR count). The van der Waals surface area contributed by atoms with E-state index in [4.69, 9.17) is 9.47 Å². The third kappa shape index (κ3) is 3.39. The van der Waals surface area contributed by atoms with E-state index < -0.39 is 0 Å². The van der Waals surface area contributed by atoms with Crippen LogP contribution < -0.4 is 9.47 Å². The molecular weight excluding hydrogens is 276 g/mol. The summed E-state index contributed by atoms with van der Waals surface area (Å²) in [7, 11) is 1.70. The zero-order chi connectivity index (χ0) is 15.4. The smallest absolute Gasteiger partial charge is 0.124 e. The van der Waals surface area contributed by atoms with Gasteiger partial charge in [-0.05, 0) is 42.3 Å². The van der Waals surface area contributed by atoms with E-state index in [1.807, 2.05) is 24.5 Å². The van der Waals surface area contributed by atoms with E-state index >= 15 is 0 Å². The van der Waals surface area contributed by atoms with Crippen LogP contribution in [0.1, 0.15) is 24.5 Å². The molecule has 1 aromatic heterocycles. The summed E-state index contributed by atoms with van der Waals surface area (Å²) in [6, 6.07) is 10.2. The van der Waals surface area contributed by atoms with Gasteiger partial charge in [0.05, 0.1) is 7.11 Å². The molecule has 0 radical (unpaired) electrons. The van der Waals surface area contributed by atoms with Gasteiger partial charge >= 0.3 is 0 Å². The molecule has 22 heavy (non-hydrogen) atoms. The molecule has 0 spiro atoms. The third-order valence-corrected chi connectivity index (χ3v) is 4.03. The molecule has 0 bridgehead atoms. The van der Waals surface area contributed by atoms with Crippen molar-refractivity contribution in [3.05, 3.63) is 53.9 Å². The molecule has 4 nitrogen and oxygen atoms in total. The quantitative estimate of drug-likeness (QED) is 0.868. The van der Waals surface area contributed by atoms with E-state index in [0.29, 0.717) is 0 Å². The average Bonchev–Trinajstić information content (AvgIpc) is 2.73. The van der Waals surface area contributed by atoms with Crippen LogP contribution in [0, 0.1) is 0 Å². The Hall–Kier alpha value is -2.07. The summed E-state index contributed by atoms with van der Waals surface area (Å²) < 4.78 is 11.5. The van der Waals surface area contributed by atoms with Gasteiger partial charge in [0.15, 0.2) is 0 Å². The maximum Gasteiger partial charge on any atom is 0.124 e. The van der Waals surface area contributed by atoms with Crippen molar-refractivity contribution in [2.45, 2.75) is 32.5 Å². The van der Waals surface area contributed by atoms with E-state index in [2.05, 4.69) is 35.0 Å². The number of hydrogen-bond acceptors (Lipinski definition) is 4. The van der Waals surface area contributed by atoms with Gasteiger partial charge in [-0.3, -0.25) is 9.88 Å². The lowest BCUT2D eigenvalue weighted by Crippen LogP contribution is -2.32. The predicted octanol–water partition coefficient (Wildman–Crippen LogP) is 3.26. The molecule has 0 fully saturated rings. The van der Waals surface area contributed by atoms with Gasteiger partial charge in [0.25, 0.3) is 0 Å². The highest BCUT2D eigenvalue weighted by molar-refractivity contribution is 5.41. The van der Waals surface area contributed by atoms with Crippen LogP contribution in [0.2, 0.25) is 0 Å². The number of rotatable bonds is 4. The van der Waals surface area contributed by atoms with Crippen LogP contribution in [0.25, 0.3) is 0 Å². The largest absolute Gasteiger partial charge is 0.497 e. The summed E-state index contributed by atoms with van der Waals surface area (Å²) in [5.74, 6) is 1.85. The highest BCUT2D eigenvalue weighted by Crippen LogP contribution is 2.30. The first-order chi connectivity index (χ1) is 10.8. The minimum Gasteiger partial charge on any atom is -0.497 e. The van der Waals surface area contributed by atoms with Gasteiger partial charge < -0.3 is 9.47 Å². The van der Waals surface area contributed by atoms with E-state index in [0.717, 1.165) is 37.6 Å². The standard InChI is InChI=1S/C18H22N2O2/c1-3-16-13-20(11-14-6-8-19-9-7-14)12-15-10-17(21-2)4-5-18(15)22-16/h4-10,16H,3,11-13H2,1-2H3. The Bertz CT molecular complexity index is 616. The summed E-state index contributed by atoms with van der Waals surface area (Å²) >= 11 is 0. The highest BCUT2D eigenvalue weighted by atomic mass is 16.5. The Kier molecular flexibility index (Phi) is 4.59. The lowest BCUT2D eigenvalue weighted by atomic mass is 10.1. The lowest BCUT2D eigenvalue weighted by molar-refractivity contribution is 0.139. The summed E-state index contributed by atoms with van der Waals surface area (Å²) in [5.41, 5.74) is 2.46. The maximum absolute atomic E-state index is 6.16. The molecule has 0 saturated heterocycles. The number of fused-ring (bicyclic) bond motifs is 1. The van der Waals surface area contributed by atoms with Crippen molar-refractivity contribution < 1.29 is 9.47 Å². The Morgan fingerprint density at radius 3 is 2.82 bits per heavy atom. The van der Waals surface area contributed by atoms with Crippen molar-refractivity contribution in [1.82, 2.24) is 9.88 Å². The number of methoxy groups -OCH3 is 1. The van der Waals surface area contributed by atoms with E-state index in [1.54, 1.807) is 7.11 Å². The number of pyridine rings is 1. The van der Waals surface area contributed by atoms with Crippen molar-refractivity contribution in [3.8, 4) is 11.5 Å². The first-order valence-electron chi connectivity index (χ1n) is 7.73. The van der Waals surface area contributed by atoms with Crippen LogP contribution in [0.4, 0.5) is 0 Å². The second-order valence-electron chi connectivity index (χ2n) is 5.65. The number of benzene rings is 1. The van der Waals surface area contributed by atoms with Gasteiger partial charge in [-0.15, -0.1) is 0 Å². The number of nitrogens with zero attached hydrogens (tertiary/aromatic N) is 2. The molecule has 0 aliphatic carbocycles. The van der Waals surface area contributed by atoms with Crippen molar-refractivity contribution >= 4 is 0 Å². The molecule has 116 valence electrons. The Morgan fingerprint density at radius 2 is 2.09 bits per heavy atom. The van der Waals surface area contributed by atoms with Gasteiger partial charge in [-0.1, -0.05) is 6.92 Å². The van der Waals surface area contributed by atoms with Gasteiger partial charge in [-0.25, -0.2) is 0 Å². The van der Waals surface area contributed by atoms with Crippen LogP contribution in [0.15, 0.2) is 42.7 Å². The molecule has 0 N–H and O–H groups in total. The van der Waals surface area contributed by atoms with Crippen LogP contribution in [0.5, 0.6) is 11.5 Å². The Labute approximate surface area is 131 Å². The van der Waals surface area contributed by atoms with Gasteiger partial charge in [-0.2, -0.15) is 0 Å². The summed E-state index contributed by atoms with van der Waals surface area (Å²) in [5, 5.41) is 0. The SMILES string of the molecule is CCC1CN(Cc2ccncc2)Cc2cc(OC)ccc2O1. The Morgan fingerprint density at radius 1 is 1.27 bits per heavy atom. The van der Waals surface area contributed by atoms with Gasteiger partial charge in [0.2, 0.25) is 0 Å². The van der Waals surface area contributed by atoms with Crippen LogP contribution in [-0.2, 0) is 13.1 Å². The fourth-order valence-corrected chi connectivity index (χ4v) is 2.81. The second-order valence-corrected chi connectivity index (χ2v) is 5.65. The predicted molar refractivity (Wildman–Crippen MR) is 86.1 cm³/mol. The molecule has 2 aromatic rings. The molecule has 2 heterocycles. The summed E-state index contributed by atoms with van der Waals surface area (Å²) in [6.07, 6.45) is 4.91. The van der Waals surface area contributed by atoms with Crippen LogP contribution >= 0.6 is 0 Å². The summed E-state index contributed by atoms with van der Waals surface area (Å²) in [6.45, 7) is 4.87. The second kappa shape index (κ2) is 6.79. The fraction of sp³-hybridized carbons (Fsp3) is 0.389. The first kappa shape index (κ1) is 14.9. The number of ether oxygens (including phenoxy) is 2. The van der Waals surface area contributed by atoms with Gasteiger partial charge in [0, 0.05) is 37.6 Å². The molecule has 1 aliphatic rings. The first-order valence-corrected chi connectivity index (χ1v) is 7.73. The topological polar surface area (TPSA) is 34.6 Å². The van der Waals surface area contributed by atoms with E-state index in [1.165, 1.54) is 11.1 Å². The van der Waals surface area contributed by atoms with Crippen molar-refractivity contribution in [1.29, 1.82) is 0 Å². The molecule has 4 heteroatoms. The van der Waals surface area contributed by atoms with Gasteiger partial charge in [0.1, 0.15) is 17.6 Å². The maximum atomic E-state index is 6.16. The molecule has 1 aliphatic heterocycles. The minimum absolute atomic E-state index is 0.219. The molecule has 1 atom stereocenters. The zero-order valence-electron chi connectivity index (χ0n) is 13.2. The van der Waals surface area contributed by atoms with Crippen LogP contribution in [0.3, 0.4) is 0 Å². The van der Waals surface area contributed by atoms with Crippen LogP contribution in [-0.4, -0.2) is 29.6 Å². The Balaban J connectivity index is 1.84. The van der Waals surface area contributed by atoms with E-state index in [9.17, 15) is 0 Å². The lowest BCUT2D eigenvalue weighted by Gasteiger charge is -2.23. The third-order valence-electron chi connectivity index (χ3n) is 4.03. The van der Waals surface area contributed by atoms with E-state index in [-0.39, 0.29) is 6.10 Å². The molecular formula is C18H22N2O2.